The molecule has 0 saturated heterocycles. The van der Waals surface area contributed by atoms with E-state index in [9.17, 15) is 0 Å². The summed E-state index contributed by atoms with van der Waals surface area (Å²) in [5.41, 5.74) is 0. The first kappa shape index (κ1) is 95.4. The lowest BCUT2D eigenvalue weighted by atomic mass is 10.0. The van der Waals surface area contributed by atoms with Crippen LogP contribution in [-0.2, 0) is 0 Å². The van der Waals surface area contributed by atoms with Crippen LogP contribution in [0.5, 0.6) is 0 Å². The molecule has 0 rings (SSSR count). The van der Waals surface area contributed by atoms with Gasteiger partial charge in [0.15, 0.2) is 1.55 Å². The van der Waals surface area contributed by atoms with Crippen LogP contribution in [0, 0.1) is 0 Å². The average molecular weight is 5710 g/mol. The Hall–Kier alpha value is 31.4. The smallest absolute Gasteiger partial charge is 0.160 e. The van der Waals surface area contributed by atoms with Crippen LogP contribution >= 0.6 is 972 Å². The molecule has 0 aromatic heterocycles. The van der Waals surface area contributed by atoms with Crippen molar-refractivity contribution in [2.75, 3.05) is 0 Å². The normalized spacial score (nSPS) is 17.4. The summed E-state index contributed by atoms with van der Waals surface area (Å²) in [4.78, 5) is 0. The highest BCUT2D eigenvalue weighted by atomic mass is 127. The molecule has 0 aliphatic carbocycles. The van der Waals surface area contributed by atoms with Gasteiger partial charge in [-0.25, -0.2) is 0 Å². The van der Waals surface area contributed by atoms with Gasteiger partial charge in [-0.05, 0) is 45.2 Å². The molecular formula is C20I43N. The van der Waals surface area contributed by atoms with Crippen molar-refractivity contribution in [1.82, 2.24) is 1.33 Å². The van der Waals surface area contributed by atoms with Gasteiger partial charge in [-0.2, -0.15) is 1.33 Å². The van der Waals surface area contributed by atoms with Crippen LogP contribution in [0.25, 0.3) is 0 Å². The van der Waals surface area contributed by atoms with Crippen LogP contribution in [0.1, 0.15) is 0 Å². The van der Waals surface area contributed by atoms with Gasteiger partial charge in [-0.15, -0.1) is 0 Å². The molecule has 0 aromatic rings. The molecule has 0 heterocycles. The van der Waals surface area contributed by atoms with Crippen molar-refractivity contribution in [1.29, 1.82) is 0 Å². The number of alkyl halides is 41. The zero-order chi connectivity index (χ0) is 53.6. The summed E-state index contributed by atoms with van der Waals surface area (Å²) >= 11 is 120. The van der Waals surface area contributed by atoms with Crippen molar-refractivity contribution < 1.29 is 0 Å². The molecule has 1 nitrogen and oxygen atoms in total. The van der Waals surface area contributed by atoms with Crippen LogP contribution in [0.2, 0.25) is 0 Å². The standard InChI is InChI=1S/C20I43N/c21-1(22,3(25,26)5(29,30)7(33,34)9(37,38)11(41,42)13(45,46)15(49,50)17(53,54)19(57,58)59)2(23,24)4(27,28)6(31,32)8(35,36)10(39,40)12(43,44)14(47,48)16(51,52)18(55,56)20(60,61)64(62)63. The Kier molecular flexibility index (Phi) is 51.4. The highest BCUT2D eigenvalue weighted by Crippen LogP contribution is 2.86. The first-order chi connectivity index (χ1) is 26.7. The van der Waals surface area contributed by atoms with Crippen molar-refractivity contribution in [2.45, 2.75) is 26.7 Å². The molecule has 0 aliphatic heterocycles. The minimum atomic E-state index is -0.293. The molecule has 64 heavy (non-hydrogen) atoms. The minimum Gasteiger partial charge on any atom is -0.160 e. The maximum atomic E-state index is 2.88. The van der Waals surface area contributed by atoms with Gasteiger partial charge in [0.25, 0.3) is 0 Å². The third kappa shape index (κ3) is 18.3. The van der Waals surface area contributed by atoms with Gasteiger partial charge in [0, 0.05) is 45.7 Å². The summed E-state index contributed by atoms with van der Waals surface area (Å²) in [5, 5.41) is 0. The Labute approximate surface area is 964 Å². The van der Waals surface area contributed by atoms with E-state index in [0.29, 0.717) is 0 Å². The maximum Gasteiger partial charge on any atom is 0.168 e. The van der Waals surface area contributed by atoms with Crippen LogP contribution in [0.4, 0.5) is 0 Å². The van der Waals surface area contributed by atoms with Crippen molar-refractivity contribution in [3.05, 3.63) is 0 Å². The molecule has 0 spiro atoms. The zero-order valence-electron chi connectivity index (χ0n) is 26.7. The predicted molar refractivity (Wildman–Crippen MR) is 659 cm³/mol. The SMILES string of the molecule is IN(I)C(I)(I)C(I)(I)C(I)(I)C(I)(I)C(I)(I)C(I)(I)C(I)(I)C(I)(I)C(I)(I)C(I)(I)C(I)(I)C(I)(I)C(I)(I)C(I)(I)C(I)(I)C(I)(I)C(I)(I)C(I)(I)C(I)(I)C(I)(I)I. The Bertz CT molecular complexity index is 1680. The number of nitrogens with zero attached hydrogens (tertiary/aromatic N) is 1. The topological polar surface area (TPSA) is 3.24 Å². The molecule has 0 radical (unpaired) electrons. The van der Waals surface area contributed by atoms with Crippen LogP contribution < -0.4 is 0 Å². The number of rotatable bonds is 20. The average Bonchev–Trinajstić information content (AvgIpc) is 3.05. The third-order valence-corrected chi connectivity index (χ3v) is 156. The molecule has 0 atom stereocenters. The van der Waals surface area contributed by atoms with Gasteiger partial charge in [0.2, 0.25) is 0 Å². The fraction of sp³-hybridized carbons (Fsp3) is 1.00. The molecule has 0 aliphatic rings. The second-order valence-electron chi connectivity index (χ2n) is 11.6. The summed E-state index contributed by atoms with van der Waals surface area (Å²) < 4.78 is -2.18. The second kappa shape index (κ2) is 34.5. The quantitative estimate of drug-likeness (QED) is 0.0508. The van der Waals surface area contributed by atoms with Gasteiger partial charge < -0.3 is 0 Å². The molecule has 0 N–H and O–H groups in total. The van der Waals surface area contributed by atoms with Gasteiger partial charge in [-0.1, -0.05) is 881 Å². The summed E-state index contributed by atoms with van der Waals surface area (Å²) in [6.45, 7) is 0. The zero-order valence-corrected chi connectivity index (χ0v) is 119. The largest absolute Gasteiger partial charge is 0.168 e. The van der Waals surface area contributed by atoms with E-state index in [-0.39, 0.29) is 26.7 Å². The number of hydrogen-bond donors (Lipinski definition) is 0. The Morgan fingerprint density at radius 2 is 0.234 bits per heavy atom. The molecule has 386 valence electrons. The van der Waals surface area contributed by atoms with Crippen LogP contribution in [0.3, 0.4) is 0 Å². The Morgan fingerprint density at radius 3 is 0.328 bits per heavy atom. The number of halogens is 43. The second-order valence-corrected chi connectivity index (χ2v) is 127. The first-order valence-electron chi connectivity index (χ1n) is 13.1. The molecular weight excluding hydrogens is 5710 g/mol. The fourth-order valence-electron chi connectivity index (χ4n) is 3.63. The number of hydrogen-bond acceptors (Lipinski definition) is 1. The third-order valence-electron chi connectivity index (χ3n) is 7.65. The Morgan fingerprint density at radius 1 is 0.141 bits per heavy atom. The van der Waals surface area contributed by atoms with Crippen LogP contribution in [0.15, 0.2) is 0 Å². The van der Waals surface area contributed by atoms with E-state index in [1.807, 2.05) is 0 Å². The lowest BCUT2D eigenvalue weighted by Crippen LogP contribution is -2.74. The van der Waals surface area contributed by atoms with Crippen molar-refractivity contribution >= 4 is 972 Å². The molecule has 0 fully saturated rings. The fourth-order valence-corrected chi connectivity index (χ4v) is 74.4. The van der Waals surface area contributed by atoms with E-state index in [1.165, 1.54) is 0 Å². The lowest BCUT2D eigenvalue weighted by Gasteiger charge is -2.63. The summed E-state index contributed by atoms with van der Waals surface area (Å²) in [6, 6.07) is 0. The van der Waals surface area contributed by atoms with Gasteiger partial charge >= 0.3 is 0 Å². The monoisotopic (exact) mass is 5710 g/mol. The lowest BCUT2D eigenvalue weighted by molar-refractivity contribution is 0.595. The molecule has 44 heteroatoms. The van der Waals surface area contributed by atoms with Crippen LogP contribution in [-0.4, -0.2) is 28.0 Å². The predicted octanol–water partition coefficient (Wildman–Crippen LogP) is 33.7. The highest BCUT2D eigenvalue weighted by Gasteiger charge is 2.84. The minimum absolute atomic E-state index is 0.0141. The highest BCUT2D eigenvalue weighted by molar-refractivity contribution is 14.3. The van der Waals surface area contributed by atoms with Crippen molar-refractivity contribution in [3.8, 4) is 0 Å². The van der Waals surface area contributed by atoms with Gasteiger partial charge in [-0.3, -0.25) is 0 Å². The van der Waals surface area contributed by atoms with Crippen molar-refractivity contribution in [3.63, 3.8) is 0 Å². The van der Waals surface area contributed by atoms with E-state index < -0.39 is 0 Å². The summed E-state index contributed by atoms with van der Waals surface area (Å²) in [6.07, 6.45) is 0. The molecule has 0 aromatic carbocycles. The van der Waals surface area contributed by atoms with E-state index in [2.05, 4.69) is 973 Å². The van der Waals surface area contributed by atoms with E-state index in [1.54, 1.807) is 0 Å². The van der Waals surface area contributed by atoms with Crippen molar-refractivity contribution in [2.24, 2.45) is 0 Å². The molecule has 0 bridgehead atoms. The van der Waals surface area contributed by atoms with Gasteiger partial charge in [0.1, 0.15) is 25.1 Å². The summed E-state index contributed by atoms with van der Waals surface area (Å²) in [5.74, 6) is 0. The first-order valence-corrected chi connectivity index (χ1v) is 59.2. The molecule has 0 saturated carbocycles. The van der Waals surface area contributed by atoms with E-state index in [0.717, 1.165) is 0 Å². The Balaban J connectivity index is 8.01. The van der Waals surface area contributed by atoms with Gasteiger partial charge in [0.05, 0.1) is 0 Å². The van der Waals surface area contributed by atoms with E-state index >= 15 is 0 Å². The maximum absolute atomic E-state index is 2.88. The van der Waals surface area contributed by atoms with E-state index in [4.69, 9.17) is 0 Å². The summed E-state index contributed by atoms with van der Waals surface area (Å²) in [7, 11) is 0. The molecule has 0 unspecified atom stereocenters. The molecule has 0 amide bonds.